The normalized spacial score (nSPS) is 21.7. The summed E-state index contributed by atoms with van der Waals surface area (Å²) in [6.45, 7) is 2.99. The molecule has 0 bridgehead atoms. The molecule has 1 fully saturated rings. The zero-order valence-corrected chi connectivity index (χ0v) is 12.0. The van der Waals surface area contributed by atoms with E-state index in [4.69, 9.17) is 9.52 Å². The first-order chi connectivity index (χ1) is 8.92. The van der Waals surface area contributed by atoms with E-state index in [1.165, 1.54) is 6.07 Å². The molecule has 1 aliphatic rings. The predicted molar refractivity (Wildman–Crippen MR) is 70.2 cm³/mol. The molecule has 2 rings (SSSR count). The van der Waals surface area contributed by atoms with Gasteiger partial charge in [0, 0.05) is 18.7 Å². The highest BCUT2D eigenvalue weighted by atomic mass is 32.2. The molecule has 0 aromatic carbocycles. The zero-order chi connectivity index (χ0) is 14.0. The number of likely N-dealkylation sites (N-methyl/N-ethyl adjacent to an activating group) is 1. The van der Waals surface area contributed by atoms with Crippen molar-refractivity contribution in [1.82, 2.24) is 9.62 Å². The lowest BCUT2D eigenvalue weighted by molar-refractivity contribution is 0.242. The molecule has 7 heteroatoms. The van der Waals surface area contributed by atoms with Crippen LogP contribution in [-0.2, 0) is 16.6 Å². The number of rotatable bonds is 4. The smallest absolute Gasteiger partial charge is 0.244 e. The summed E-state index contributed by atoms with van der Waals surface area (Å²) in [5, 5.41) is 8.98. The number of hydrogen-bond donors (Lipinski definition) is 2. The molecule has 1 aliphatic heterocycles. The van der Waals surface area contributed by atoms with E-state index in [9.17, 15) is 8.42 Å². The second kappa shape index (κ2) is 5.62. The van der Waals surface area contributed by atoms with Gasteiger partial charge in [-0.25, -0.2) is 13.1 Å². The van der Waals surface area contributed by atoms with Crippen molar-refractivity contribution < 1.29 is 17.9 Å². The number of furan rings is 1. The predicted octanol–water partition coefficient (Wildman–Crippen LogP) is 0.453. The fourth-order valence-electron chi connectivity index (χ4n) is 2.41. The summed E-state index contributed by atoms with van der Waals surface area (Å²) >= 11 is 0. The fraction of sp³-hybridized carbons (Fsp3) is 0.667. The van der Waals surface area contributed by atoms with Crippen LogP contribution < -0.4 is 4.72 Å². The third kappa shape index (κ3) is 3.36. The van der Waals surface area contributed by atoms with Gasteiger partial charge in [-0.2, -0.15) is 0 Å². The monoisotopic (exact) mass is 288 g/mol. The molecule has 2 N–H and O–H groups in total. The molecule has 1 atom stereocenters. The maximum atomic E-state index is 12.3. The Hall–Kier alpha value is -0.890. The SMILES string of the molecule is Cc1oc(CO)cc1S(=O)(=O)NC1CCCN(C)C1. The molecule has 2 heterocycles. The van der Waals surface area contributed by atoms with Crippen LogP contribution in [0, 0.1) is 6.92 Å². The van der Waals surface area contributed by atoms with Gasteiger partial charge in [-0.05, 0) is 33.4 Å². The number of likely N-dealkylation sites (tertiary alicyclic amines) is 1. The summed E-state index contributed by atoms with van der Waals surface area (Å²) in [4.78, 5) is 2.22. The van der Waals surface area contributed by atoms with Gasteiger partial charge in [0.25, 0.3) is 0 Å². The molecule has 1 aromatic heterocycles. The Morgan fingerprint density at radius 2 is 2.32 bits per heavy atom. The summed E-state index contributed by atoms with van der Waals surface area (Å²) in [6, 6.07) is 1.31. The quantitative estimate of drug-likeness (QED) is 0.840. The summed E-state index contributed by atoms with van der Waals surface area (Å²) in [6.07, 6.45) is 1.82. The molecule has 0 aliphatic carbocycles. The molecular formula is C12H20N2O4S. The van der Waals surface area contributed by atoms with Gasteiger partial charge in [0.15, 0.2) is 0 Å². The van der Waals surface area contributed by atoms with Crippen LogP contribution in [0.1, 0.15) is 24.4 Å². The first-order valence-electron chi connectivity index (χ1n) is 6.33. The van der Waals surface area contributed by atoms with Crippen molar-refractivity contribution in [3.63, 3.8) is 0 Å². The lowest BCUT2D eigenvalue weighted by Gasteiger charge is -2.29. The van der Waals surface area contributed by atoms with Crippen LogP contribution in [0.2, 0.25) is 0 Å². The highest BCUT2D eigenvalue weighted by Gasteiger charge is 2.26. The van der Waals surface area contributed by atoms with Crippen LogP contribution in [-0.4, -0.2) is 44.6 Å². The lowest BCUT2D eigenvalue weighted by atomic mass is 10.1. The Bertz CT molecular complexity index is 538. The highest BCUT2D eigenvalue weighted by Crippen LogP contribution is 2.21. The van der Waals surface area contributed by atoms with E-state index in [2.05, 4.69) is 9.62 Å². The third-order valence-corrected chi connectivity index (χ3v) is 4.94. The molecule has 19 heavy (non-hydrogen) atoms. The van der Waals surface area contributed by atoms with E-state index in [-0.39, 0.29) is 23.3 Å². The van der Waals surface area contributed by atoms with E-state index in [0.29, 0.717) is 12.3 Å². The minimum Gasteiger partial charge on any atom is -0.462 e. The summed E-state index contributed by atoms with van der Waals surface area (Å²) < 4.78 is 32.5. The number of nitrogens with zero attached hydrogens (tertiary/aromatic N) is 1. The van der Waals surface area contributed by atoms with Gasteiger partial charge in [-0.3, -0.25) is 0 Å². The molecule has 0 amide bonds. The Labute approximate surface area is 113 Å². The van der Waals surface area contributed by atoms with Crippen LogP contribution in [0.5, 0.6) is 0 Å². The fourth-order valence-corrected chi connectivity index (χ4v) is 3.88. The van der Waals surface area contributed by atoms with Crippen LogP contribution in [0.4, 0.5) is 0 Å². The summed E-state index contributed by atoms with van der Waals surface area (Å²) in [5.74, 6) is 0.569. The second-order valence-electron chi connectivity index (χ2n) is 5.01. The third-order valence-electron chi connectivity index (χ3n) is 3.31. The lowest BCUT2D eigenvalue weighted by Crippen LogP contribution is -2.46. The topological polar surface area (TPSA) is 82.8 Å². The number of aliphatic hydroxyl groups excluding tert-OH is 1. The van der Waals surface area contributed by atoms with Gasteiger partial charge in [-0.1, -0.05) is 0 Å². The molecule has 0 saturated carbocycles. The van der Waals surface area contributed by atoms with Crippen molar-refractivity contribution in [2.45, 2.75) is 37.3 Å². The van der Waals surface area contributed by atoms with Gasteiger partial charge in [-0.15, -0.1) is 0 Å². The largest absolute Gasteiger partial charge is 0.462 e. The molecule has 1 saturated heterocycles. The molecule has 6 nitrogen and oxygen atoms in total. The number of sulfonamides is 1. The first-order valence-corrected chi connectivity index (χ1v) is 7.81. The molecule has 108 valence electrons. The maximum absolute atomic E-state index is 12.3. The summed E-state index contributed by atoms with van der Waals surface area (Å²) in [5.41, 5.74) is 0. The van der Waals surface area contributed by atoms with Gasteiger partial charge in [0.05, 0.1) is 0 Å². The molecule has 1 unspecified atom stereocenters. The van der Waals surface area contributed by atoms with Crippen molar-refractivity contribution in [2.75, 3.05) is 20.1 Å². The minimum atomic E-state index is -3.58. The van der Waals surface area contributed by atoms with E-state index >= 15 is 0 Å². The molecule has 1 aromatic rings. The van der Waals surface area contributed by atoms with E-state index in [1.807, 2.05) is 7.05 Å². The van der Waals surface area contributed by atoms with Gasteiger partial charge >= 0.3 is 0 Å². The van der Waals surface area contributed by atoms with E-state index < -0.39 is 10.0 Å². The average Bonchev–Trinajstić information content (AvgIpc) is 2.71. The number of hydrogen-bond acceptors (Lipinski definition) is 5. The molecular weight excluding hydrogens is 268 g/mol. The van der Waals surface area contributed by atoms with Crippen LogP contribution >= 0.6 is 0 Å². The Morgan fingerprint density at radius 1 is 1.58 bits per heavy atom. The van der Waals surface area contributed by atoms with Crippen molar-refractivity contribution in [2.24, 2.45) is 0 Å². The standard InChI is InChI=1S/C12H20N2O4S/c1-9-12(6-11(8-15)18-9)19(16,17)13-10-4-3-5-14(2)7-10/h6,10,13,15H,3-5,7-8H2,1-2H3. The zero-order valence-electron chi connectivity index (χ0n) is 11.2. The van der Waals surface area contributed by atoms with Crippen molar-refractivity contribution in [3.8, 4) is 0 Å². The summed E-state index contributed by atoms with van der Waals surface area (Å²) in [7, 11) is -1.61. The van der Waals surface area contributed by atoms with Gasteiger partial charge < -0.3 is 14.4 Å². The van der Waals surface area contributed by atoms with Crippen molar-refractivity contribution in [3.05, 3.63) is 17.6 Å². The number of aryl methyl sites for hydroxylation is 1. The van der Waals surface area contributed by atoms with Crippen molar-refractivity contribution >= 4 is 10.0 Å². The minimum absolute atomic E-state index is 0.0735. The molecule has 0 radical (unpaired) electrons. The Kier molecular flexibility index (Phi) is 4.29. The second-order valence-corrected chi connectivity index (χ2v) is 6.70. The van der Waals surface area contributed by atoms with E-state index in [1.54, 1.807) is 6.92 Å². The average molecular weight is 288 g/mol. The van der Waals surface area contributed by atoms with Gasteiger partial charge in [0.2, 0.25) is 10.0 Å². The van der Waals surface area contributed by atoms with Gasteiger partial charge in [0.1, 0.15) is 23.0 Å². The maximum Gasteiger partial charge on any atom is 0.244 e. The van der Waals surface area contributed by atoms with E-state index in [0.717, 1.165) is 19.4 Å². The number of piperidine rings is 1. The number of aliphatic hydroxyl groups is 1. The van der Waals surface area contributed by atoms with Crippen LogP contribution in [0.25, 0.3) is 0 Å². The Morgan fingerprint density at radius 3 is 2.89 bits per heavy atom. The van der Waals surface area contributed by atoms with Crippen LogP contribution in [0.3, 0.4) is 0 Å². The first kappa shape index (κ1) is 14.5. The highest BCUT2D eigenvalue weighted by molar-refractivity contribution is 7.89. The number of nitrogens with one attached hydrogen (secondary N) is 1. The molecule has 0 spiro atoms. The van der Waals surface area contributed by atoms with Crippen LogP contribution in [0.15, 0.2) is 15.4 Å². The Balaban J connectivity index is 2.15. The van der Waals surface area contributed by atoms with Crippen molar-refractivity contribution in [1.29, 1.82) is 0 Å².